The Bertz CT molecular complexity index is 785. The van der Waals surface area contributed by atoms with Gasteiger partial charge in [-0.1, -0.05) is 12.1 Å². The molecule has 2 rings (SSSR count). The van der Waals surface area contributed by atoms with Gasteiger partial charge in [0, 0.05) is 30.9 Å². The van der Waals surface area contributed by atoms with Crippen LogP contribution in [0.4, 0.5) is 0 Å². The second-order valence-electron chi connectivity index (χ2n) is 4.61. The topological polar surface area (TPSA) is 124 Å². The first-order chi connectivity index (χ1) is 11.0. The quantitative estimate of drug-likeness (QED) is 0.332. The molecular weight excluding hydrogens is 320 g/mol. The minimum Gasteiger partial charge on any atom is -0.348 e. The van der Waals surface area contributed by atoms with Crippen molar-refractivity contribution in [1.29, 1.82) is 0 Å². The highest BCUT2D eigenvalue weighted by molar-refractivity contribution is 7.89. The Morgan fingerprint density at radius 2 is 2.22 bits per heavy atom. The van der Waals surface area contributed by atoms with Crippen molar-refractivity contribution >= 4 is 22.0 Å². The Morgan fingerprint density at radius 1 is 1.39 bits per heavy atom. The van der Waals surface area contributed by atoms with Gasteiger partial charge in [0.1, 0.15) is 0 Å². The first kappa shape index (κ1) is 16.9. The number of carbonyl (C=O) groups is 1. The molecule has 2 aromatic rings. The molecule has 0 aliphatic rings. The molecule has 0 atom stereocenters. The lowest BCUT2D eigenvalue weighted by molar-refractivity contribution is -0.124. The lowest BCUT2D eigenvalue weighted by Gasteiger charge is -2.07. The maximum absolute atomic E-state index is 12.2. The van der Waals surface area contributed by atoms with Crippen LogP contribution in [0.15, 0.2) is 47.8 Å². The fraction of sp³-hybridized carbons (Fsp3) is 0.143. The van der Waals surface area contributed by atoms with Gasteiger partial charge in [-0.2, -0.15) is 0 Å². The number of sulfonamides is 1. The Morgan fingerprint density at radius 3 is 2.91 bits per heavy atom. The number of nitrogens with zero attached hydrogens (tertiary/aromatic N) is 1. The molecule has 0 unspecified atom stereocenters. The summed E-state index contributed by atoms with van der Waals surface area (Å²) in [6.07, 6.45) is 6.15. The van der Waals surface area contributed by atoms with Crippen LogP contribution < -0.4 is 10.2 Å². The molecule has 23 heavy (non-hydrogen) atoms. The zero-order valence-corrected chi connectivity index (χ0v) is 12.9. The summed E-state index contributed by atoms with van der Waals surface area (Å²) in [5.41, 5.74) is 2.81. The van der Waals surface area contributed by atoms with Crippen molar-refractivity contribution in [3.63, 3.8) is 0 Å². The Labute approximate surface area is 133 Å². The van der Waals surface area contributed by atoms with Gasteiger partial charge in [-0.15, -0.1) is 0 Å². The van der Waals surface area contributed by atoms with Gasteiger partial charge < -0.3 is 4.98 Å². The summed E-state index contributed by atoms with van der Waals surface area (Å²) in [6.45, 7) is 0.234. The molecule has 1 aromatic carbocycles. The highest BCUT2D eigenvalue weighted by Crippen LogP contribution is 2.12. The summed E-state index contributed by atoms with van der Waals surface area (Å²) in [5, 5.41) is 8.41. The number of benzene rings is 1. The maximum Gasteiger partial charge on any atom is 0.267 e. The van der Waals surface area contributed by atoms with Gasteiger partial charge >= 0.3 is 0 Å². The minimum absolute atomic E-state index is 0.0914. The third-order valence-electron chi connectivity index (χ3n) is 2.95. The van der Waals surface area contributed by atoms with E-state index in [0.29, 0.717) is 12.0 Å². The van der Waals surface area contributed by atoms with Crippen LogP contribution in [0.25, 0.3) is 6.08 Å². The normalized spacial score (nSPS) is 11.7. The average Bonchev–Trinajstić information content (AvgIpc) is 3.06. The van der Waals surface area contributed by atoms with Crippen molar-refractivity contribution in [3.05, 3.63) is 54.1 Å². The lowest BCUT2D eigenvalue weighted by atomic mass is 10.2. The van der Waals surface area contributed by atoms with E-state index in [1.807, 2.05) is 0 Å². The summed E-state index contributed by atoms with van der Waals surface area (Å²) >= 11 is 0. The molecule has 122 valence electrons. The summed E-state index contributed by atoms with van der Waals surface area (Å²) in [7, 11) is -3.65. The van der Waals surface area contributed by atoms with Crippen LogP contribution in [0.2, 0.25) is 0 Å². The Kier molecular flexibility index (Phi) is 5.63. The maximum atomic E-state index is 12.2. The Hall–Kier alpha value is -2.49. The highest BCUT2D eigenvalue weighted by atomic mass is 32.2. The summed E-state index contributed by atoms with van der Waals surface area (Å²) < 4.78 is 27.0. The van der Waals surface area contributed by atoms with Crippen LogP contribution in [-0.4, -0.2) is 36.0 Å². The van der Waals surface area contributed by atoms with Crippen molar-refractivity contribution in [3.8, 4) is 0 Å². The second-order valence-corrected chi connectivity index (χ2v) is 6.37. The number of hydrogen-bond acceptors (Lipinski definition) is 5. The molecule has 0 radical (unpaired) electrons. The van der Waals surface area contributed by atoms with E-state index >= 15 is 0 Å². The van der Waals surface area contributed by atoms with Crippen molar-refractivity contribution in [2.24, 2.45) is 0 Å². The molecule has 0 aliphatic heterocycles. The molecule has 1 aromatic heterocycles. The molecule has 0 saturated heterocycles. The van der Waals surface area contributed by atoms with E-state index in [-0.39, 0.29) is 11.4 Å². The Balaban J connectivity index is 2.04. The van der Waals surface area contributed by atoms with Crippen molar-refractivity contribution < 1.29 is 18.4 Å². The largest absolute Gasteiger partial charge is 0.348 e. The number of hydroxylamine groups is 1. The average molecular weight is 336 g/mol. The molecule has 9 heteroatoms. The standard InChI is InChI=1S/C14H16N4O4S/c19-14(18-20)5-4-11-2-1-3-13(8-11)23(21,22)17-7-6-12-9-15-10-16-12/h1-5,8-10,17,20H,6-7H2,(H,15,16)(H,18,19)/b5-4+. The van der Waals surface area contributed by atoms with E-state index in [4.69, 9.17) is 5.21 Å². The molecular formula is C14H16N4O4S. The molecule has 0 aliphatic carbocycles. The van der Waals surface area contributed by atoms with Gasteiger partial charge in [-0.05, 0) is 23.8 Å². The van der Waals surface area contributed by atoms with E-state index < -0.39 is 15.9 Å². The predicted octanol–water partition coefficient (Wildman–Crippen LogP) is 0.449. The fourth-order valence-corrected chi connectivity index (χ4v) is 2.91. The number of nitrogens with one attached hydrogen (secondary N) is 3. The molecule has 8 nitrogen and oxygen atoms in total. The molecule has 0 fully saturated rings. The number of imidazole rings is 1. The van der Waals surface area contributed by atoms with E-state index in [9.17, 15) is 13.2 Å². The number of aromatic nitrogens is 2. The van der Waals surface area contributed by atoms with Crippen LogP contribution in [-0.2, 0) is 21.2 Å². The lowest BCUT2D eigenvalue weighted by Crippen LogP contribution is -2.26. The van der Waals surface area contributed by atoms with Crippen molar-refractivity contribution in [2.75, 3.05) is 6.54 Å². The van der Waals surface area contributed by atoms with Gasteiger partial charge in [0.05, 0.1) is 11.2 Å². The molecule has 1 heterocycles. The monoisotopic (exact) mass is 336 g/mol. The first-order valence-electron chi connectivity index (χ1n) is 6.70. The zero-order chi connectivity index (χ0) is 16.7. The summed E-state index contributed by atoms with van der Waals surface area (Å²) in [5.74, 6) is -0.698. The molecule has 0 bridgehead atoms. The van der Waals surface area contributed by atoms with Crippen molar-refractivity contribution in [2.45, 2.75) is 11.3 Å². The third kappa shape index (κ3) is 5.02. The summed E-state index contributed by atoms with van der Waals surface area (Å²) in [6, 6.07) is 6.10. The number of aromatic amines is 1. The fourth-order valence-electron chi connectivity index (χ4n) is 1.82. The van der Waals surface area contributed by atoms with Gasteiger partial charge in [0.2, 0.25) is 10.0 Å². The van der Waals surface area contributed by atoms with Crippen LogP contribution in [0.3, 0.4) is 0 Å². The number of rotatable bonds is 7. The summed E-state index contributed by atoms with van der Waals surface area (Å²) in [4.78, 5) is 17.8. The number of H-pyrrole nitrogens is 1. The number of hydrogen-bond donors (Lipinski definition) is 4. The molecule has 0 saturated carbocycles. The van der Waals surface area contributed by atoms with Gasteiger partial charge in [0.25, 0.3) is 5.91 Å². The highest BCUT2D eigenvalue weighted by Gasteiger charge is 2.13. The van der Waals surface area contributed by atoms with Crippen molar-refractivity contribution in [1.82, 2.24) is 20.2 Å². The van der Waals surface area contributed by atoms with Gasteiger partial charge in [0.15, 0.2) is 0 Å². The van der Waals surface area contributed by atoms with Crippen LogP contribution in [0, 0.1) is 0 Å². The minimum atomic E-state index is -3.65. The van der Waals surface area contributed by atoms with Gasteiger partial charge in [-0.3, -0.25) is 10.0 Å². The van der Waals surface area contributed by atoms with Gasteiger partial charge in [-0.25, -0.2) is 23.6 Å². The first-order valence-corrected chi connectivity index (χ1v) is 8.19. The van der Waals surface area contributed by atoms with E-state index in [1.54, 1.807) is 18.3 Å². The third-order valence-corrected chi connectivity index (χ3v) is 4.41. The van der Waals surface area contributed by atoms with E-state index in [1.165, 1.54) is 30.0 Å². The number of amides is 1. The zero-order valence-electron chi connectivity index (χ0n) is 12.1. The van der Waals surface area contributed by atoms with E-state index in [0.717, 1.165) is 11.8 Å². The second kappa shape index (κ2) is 7.68. The van der Waals surface area contributed by atoms with Crippen LogP contribution in [0.5, 0.6) is 0 Å². The molecule has 0 spiro atoms. The molecule has 4 N–H and O–H groups in total. The molecule has 1 amide bonds. The number of carbonyl (C=O) groups excluding carboxylic acids is 1. The van der Waals surface area contributed by atoms with E-state index in [2.05, 4.69) is 14.7 Å². The van der Waals surface area contributed by atoms with Crippen LogP contribution in [0.1, 0.15) is 11.3 Å². The SMILES string of the molecule is O=C(/C=C/c1cccc(S(=O)(=O)NCCc2cnc[nH]2)c1)NO. The van der Waals surface area contributed by atoms with Crippen LogP contribution >= 0.6 is 0 Å². The predicted molar refractivity (Wildman–Crippen MR) is 82.9 cm³/mol. The smallest absolute Gasteiger partial charge is 0.267 e.